The van der Waals surface area contributed by atoms with E-state index >= 15 is 0 Å². The van der Waals surface area contributed by atoms with Crippen molar-refractivity contribution in [3.05, 3.63) is 71.9 Å². The van der Waals surface area contributed by atoms with Gasteiger partial charge in [-0.2, -0.15) is 0 Å². The van der Waals surface area contributed by atoms with E-state index in [2.05, 4.69) is 51.3 Å². The second kappa shape index (κ2) is 16.6. The Morgan fingerprint density at radius 2 is 1.07 bits per heavy atom. The molecular formula is C27H46. The minimum Gasteiger partial charge on any atom is -0.0988 e. The summed E-state index contributed by atoms with van der Waals surface area (Å²) < 4.78 is 0. The molecule has 0 amide bonds. The first-order chi connectivity index (χ1) is 13.2. The molecule has 0 bridgehead atoms. The van der Waals surface area contributed by atoms with E-state index in [9.17, 15) is 0 Å². The summed E-state index contributed by atoms with van der Waals surface area (Å²) in [6.45, 7) is 24.2. The Labute approximate surface area is 171 Å². The summed E-state index contributed by atoms with van der Waals surface area (Å²) in [5.41, 5.74) is 6.35. The Morgan fingerprint density at radius 3 is 1.37 bits per heavy atom. The molecule has 0 heteroatoms. The van der Waals surface area contributed by atoms with E-state index in [1.807, 2.05) is 53.7 Å². The number of hydrogen-bond acceptors (Lipinski definition) is 0. The highest BCUT2D eigenvalue weighted by Gasteiger charge is 2.41. The minimum atomic E-state index is 0.420. The van der Waals surface area contributed by atoms with Crippen LogP contribution in [-0.4, -0.2) is 0 Å². The average molecular weight is 371 g/mol. The summed E-state index contributed by atoms with van der Waals surface area (Å²) in [6.07, 6.45) is 20.4. The van der Waals surface area contributed by atoms with E-state index in [4.69, 9.17) is 0 Å². The van der Waals surface area contributed by atoms with Crippen molar-refractivity contribution in [1.82, 2.24) is 0 Å². The molecule has 3 aliphatic carbocycles. The summed E-state index contributed by atoms with van der Waals surface area (Å²) in [5.74, 6) is 0. The molecule has 0 nitrogen and oxygen atoms in total. The lowest BCUT2D eigenvalue weighted by Gasteiger charge is -2.24. The van der Waals surface area contributed by atoms with Crippen LogP contribution in [0.3, 0.4) is 0 Å². The summed E-state index contributed by atoms with van der Waals surface area (Å²) in [4.78, 5) is 0. The lowest BCUT2D eigenvalue weighted by atomic mass is 9.79. The Morgan fingerprint density at radius 1 is 0.741 bits per heavy atom. The summed E-state index contributed by atoms with van der Waals surface area (Å²) >= 11 is 0. The SMILES string of the molecule is C=CC1=C(C=C)CC2(C1)CC1=C(C=CCC=C1)C2.CC.CC.CC.CCC. The van der Waals surface area contributed by atoms with Gasteiger partial charge in [0.05, 0.1) is 0 Å². The van der Waals surface area contributed by atoms with Gasteiger partial charge in [-0.3, -0.25) is 0 Å². The molecule has 0 fully saturated rings. The van der Waals surface area contributed by atoms with Crippen LogP contribution in [0.25, 0.3) is 0 Å². The standard InChI is InChI=1S/C18H20.C3H8.3C2H6/c1-3-14-10-18(11-15(14)4-2)12-16-8-6-5-7-9-17(16)13-18;1-3-2;3*1-2/h3-4,6-9H,1-2,5,10-13H2;3H2,1-2H3;3*1-2H3. The molecule has 0 aromatic heterocycles. The molecule has 0 aromatic carbocycles. The van der Waals surface area contributed by atoms with Crippen LogP contribution < -0.4 is 0 Å². The highest BCUT2D eigenvalue weighted by atomic mass is 14.5. The van der Waals surface area contributed by atoms with Crippen molar-refractivity contribution in [1.29, 1.82) is 0 Å². The van der Waals surface area contributed by atoms with Gasteiger partial charge < -0.3 is 0 Å². The van der Waals surface area contributed by atoms with Gasteiger partial charge in [0.1, 0.15) is 0 Å². The molecule has 0 atom stereocenters. The molecule has 0 N–H and O–H groups in total. The van der Waals surface area contributed by atoms with Gasteiger partial charge in [0, 0.05) is 0 Å². The Kier molecular flexibility index (Phi) is 17.0. The second-order valence-electron chi connectivity index (χ2n) is 6.46. The third kappa shape index (κ3) is 8.33. The Hall–Kier alpha value is -1.56. The van der Waals surface area contributed by atoms with Crippen LogP contribution in [0.1, 0.15) is 93.9 Å². The number of allylic oxidation sites excluding steroid dienone is 10. The average Bonchev–Trinajstić information content (AvgIpc) is 3.17. The topological polar surface area (TPSA) is 0 Å². The van der Waals surface area contributed by atoms with Crippen LogP contribution in [0.4, 0.5) is 0 Å². The van der Waals surface area contributed by atoms with Gasteiger partial charge in [-0.05, 0) is 59.8 Å². The van der Waals surface area contributed by atoms with Crippen LogP contribution >= 0.6 is 0 Å². The maximum absolute atomic E-state index is 3.95. The molecule has 1 spiro atoms. The molecule has 0 unspecified atom stereocenters. The maximum atomic E-state index is 3.95. The summed E-state index contributed by atoms with van der Waals surface area (Å²) in [5, 5.41) is 0. The van der Waals surface area contributed by atoms with Gasteiger partial charge >= 0.3 is 0 Å². The normalized spacial score (nSPS) is 17.8. The molecule has 0 radical (unpaired) electrons. The fourth-order valence-corrected chi connectivity index (χ4v) is 3.68. The maximum Gasteiger partial charge on any atom is -0.0136 e. The summed E-state index contributed by atoms with van der Waals surface area (Å²) in [6, 6.07) is 0. The van der Waals surface area contributed by atoms with Crippen molar-refractivity contribution < 1.29 is 0 Å². The fraction of sp³-hybridized carbons (Fsp3) is 0.556. The van der Waals surface area contributed by atoms with E-state index in [0.29, 0.717) is 5.41 Å². The van der Waals surface area contributed by atoms with Crippen molar-refractivity contribution in [3.8, 4) is 0 Å². The van der Waals surface area contributed by atoms with Gasteiger partial charge in [0.25, 0.3) is 0 Å². The Balaban J connectivity index is 0. The van der Waals surface area contributed by atoms with Crippen LogP contribution in [0, 0.1) is 5.41 Å². The van der Waals surface area contributed by atoms with Crippen molar-refractivity contribution in [3.63, 3.8) is 0 Å². The zero-order chi connectivity index (χ0) is 21.3. The fourth-order valence-electron chi connectivity index (χ4n) is 3.68. The Bertz CT molecular complexity index is 488. The third-order valence-electron chi connectivity index (χ3n) is 4.49. The second-order valence-corrected chi connectivity index (χ2v) is 6.46. The van der Waals surface area contributed by atoms with E-state index in [1.165, 1.54) is 43.3 Å². The van der Waals surface area contributed by atoms with Gasteiger partial charge in [-0.15, -0.1) is 0 Å². The van der Waals surface area contributed by atoms with Crippen LogP contribution in [0.15, 0.2) is 71.9 Å². The van der Waals surface area contributed by atoms with E-state index in [-0.39, 0.29) is 0 Å². The molecular weight excluding hydrogens is 324 g/mol. The van der Waals surface area contributed by atoms with Gasteiger partial charge in [0.15, 0.2) is 0 Å². The molecule has 154 valence electrons. The van der Waals surface area contributed by atoms with Gasteiger partial charge in [-0.1, -0.05) is 111 Å². The highest BCUT2D eigenvalue weighted by Crippen LogP contribution is 2.55. The van der Waals surface area contributed by atoms with E-state index in [0.717, 1.165) is 6.42 Å². The molecule has 0 heterocycles. The molecule has 0 aromatic rings. The minimum absolute atomic E-state index is 0.420. The monoisotopic (exact) mass is 370 g/mol. The zero-order valence-electron chi connectivity index (χ0n) is 19.6. The van der Waals surface area contributed by atoms with E-state index < -0.39 is 0 Å². The predicted molar refractivity (Wildman–Crippen MR) is 128 cm³/mol. The smallest absolute Gasteiger partial charge is 0.0136 e. The molecule has 27 heavy (non-hydrogen) atoms. The van der Waals surface area contributed by atoms with Crippen molar-refractivity contribution in [2.75, 3.05) is 0 Å². The van der Waals surface area contributed by atoms with Crippen LogP contribution in [-0.2, 0) is 0 Å². The third-order valence-corrected chi connectivity index (χ3v) is 4.49. The van der Waals surface area contributed by atoms with Gasteiger partial charge in [-0.25, -0.2) is 0 Å². The quantitative estimate of drug-likeness (QED) is 0.454. The van der Waals surface area contributed by atoms with Crippen molar-refractivity contribution in [2.24, 2.45) is 5.41 Å². The zero-order valence-corrected chi connectivity index (χ0v) is 19.6. The first kappa shape index (κ1) is 27.7. The van der Waals surface area contributed by atoms with Gasteiger partial charge in [0.2, 0.25) is 0 Å². The first-order valence-corrected chi connectivity index (χ1v) is 11.2. The summed E-state index contributed by atoms with van der Waals surface area (Å²) in [7, 11) is 0. The molecule has 3 rings (SSSR count). The van der Waals surface area contributed by atoms with Crippen molar-refractivity contribution in [2.45, 2.75) is 93.9 Å². The largest absolute Gasteiger partial charge is 0.0988 e. The van der Waals surface area contributed by atoms with Crippen molar-refractivity contribution >= 4 is 0 Å². The molecule has 3 aliphatic rings. The highest BCUT2D eigenvalue weighted by molar-refractivity contribution is 5.47. The van der Waals surface area contributed by atoms with E-state index in [1.54, 1.807) is 11.1 Å². The predicted octanol–water partition coefficient (Wildman–Crippen LogP) is 9.54. The molecule has 0 saturated carbocycles. The van der Waals surface area contributed by atoms with Crippen LogP contribution in [0.2, 0.25) is 0 Å². The lowest BCUT2D eigenvalue weighted by molar-refractivity contribution is 0.326. The number of hydrogen-bond donors (Lipinski definition) is 0. The molecule has 0 saturated heterocycles. The molecule has 0 aliphatic heterocycles. The first-order valence-electron chi connectivity index (χ1n) is 11.2. The van der Waals surface area contributed by atoms with Crippen LogP contribution in [0.5, 0.6) is 0 Å². The lowest BCUT2D eigenvalue weighted by Crippen LogP contribution is -2.13. The number of rotatable bonds is 2.